The number of fused-ring (bicyclic) bond motifs is 1. The number of aromatic amines is 1. The maximum atomic E-state index is 12.6. The number of amidine groups is 1. The molecule has 0 saturated heterocycles. The second kappa shape index (κ2) is 5.24. The van der Waals surface area contributed by atoms with Gasteiger partial charge in [-0.15, -0.1) is 0 Å². The van der Waals surface area contributed by atoms with Gasteiger partial charge in [0, 0.05) is 5.41 Å². The molecule has 23 heavy (non-hydrogen) atoms. The summed E-state index contributed by atoms with van der Waals surface area (Å²) in [7, 11) is 0. The van der Waals surface area contributed by atoms with Gasteiger partial charge in [-0.1, -0.05) is 32.9 Å². The maximum Gasteiger partial charge on any atom is 0.295 e. The van der Waals surface area contributed by atoms with Crippen molar-refractivity contribution >= 4 is 29.5 Å². The van der Waals surface area contributed by atoms with E-state index in [1.165, 1.54) is 0 Å². The van der Waals surface area contributed by atoms with Crippen molar-refractivity contribution in [2.24, 2.45) is 4.99 Å². The van der Waals surface area contributed by atoms with Crippen molar-refractivity contribution in [1.82, 2.24) is 14.9 Å². The number of aromatic nitrogens is 3. The lowest BCUT2D eigenvalue weighted by molar-refractivity contribution is 0.106. The van der Waals surface area contributed by atoms with Crippen LogP contribution in [0.25, 0.3) is 0 Å². The zero-order chi connectivity index (χ0) is 16.8. The fourth-order valence-corrected chi connectivity index (χ4v) is 2.41. The molecule has 2 N–H and O–H groups in total. The van der Waals surface area contributed by atoms with Crippen LogP contribution in [0.1, 0.15) is 36.8 Å². The maximum absolute atomic E-state index is 12.6. The highest BCUT2D eigenvalue weighted by Gasteiger charge is 2.27. The Bertz CT molecular complexity index is 949. The number of benzene rings is 1. The molecular weight excluding hydrogens is 314 g/mol. The summed E-state index contributed by atoms with van der Waals surface area (Å²) in [5.74, 6) is -0.227. The number of ketones is 1. The van der Waals surface area contributed by atoms with E-state index in [1.807, 2.05) is 20.8 Å². The molecule has 2 heterocycles. The van der Waals surface area contributed by atoms with Crippen LogP contribution in [0.15, 0.2) is 34.1 Å². The molecule has 118 valence electrons. The molecule has 7 nitrogen and oxygen atoms in total. The minimum atomic E-state index is -0.468. The third-order valence-electron chi connectivity index (χ3n) is 3.40. The summed E-state index contributed by atoms with van der Waals surface area (Å²) in [6.45, 7) is 5.60. The molecule has 0 aliphatic carbocycles. The normalized spacial score (nSPS) is 13.7. The molecule has 0 amide bonds. The standard InChI is InChI=1S/C15H15N5O2S/c1-15(2,3)11-13(22)20(14(23)18-17-11)19-12-10(21)8-6-4-5-7-9(8)16-12/h4-7H,1-3H3,(H,18,23)(H,16,19,21). The van der Waals surface area contributed by atoms with Gasteiger partial charge in [-0.3, -0.25) is 20.1 Å². The van der Waals surface area contributed by atoms with Gasteiger partial charge in [-0.25, -0.2) is 4.99 Å². The van der Waals surface area contributed by atoms with Crippen LogP contribution in [0.2, 0.25) is 0 Å². The molecule has 0 fully saturated rings. The van der Waals surface area contributed by atoms with E-state index >= 15 is 0 Å². The number of hydrogen-bond acceptors (Lipinski definition) is 6. The fourth-order valence-electron chi connectivity index (χ4n) is 2.23. The molecule has 0 spiro atoms. The van der Waals surface area contributed by atoms with Crippen molar-refractivity contribution in [3.63, 3.8) is 0 Å². The number of hydrogen-bond donors (Lipinski definition) is 2. The predicted molar refractivity (Wildman–Crippen MR) is 89.6 cm³/mol. The number of rotatable bonds is 1. The van der Waals surface area contributed by atoms with E-state index in [9.17, 15) is 9.59 Å². The third-order valence-corrected chi connectivity index (χ3v) is 3.67. The average Bonchev–Trinajstić information content (AvgIpc) is 2.79. The Labute approximate surface area is 137 Å². The van der Waals surface area contributed by atoms with Gasteiger partial charge < -0.3 is 0 Å². The molecule has 0 unspecified atom stereocenters. The number of carbonyl (C=O) groups excluding carboxylic acids is 1. The molecule has 2 aromatic rings. The molecule has 0 radical (unpaired) electrons. The Hall–Kier alpha value is -2.61. The largest absolute Gasteiger partial charge is 0.295 e. The van der Waals surface area contributed by atoms with Gasteiger partial charge >= 0.3 is 0 Å². The molecule has 0 saturated carbocycles. The first-order valence-corrected chi connectivity index (χ1v) is 7.41. The van der Waals surface area contributed by atoms with Crippen LogP contribution in [-0.2, 0) is 5.41 Å². The fraction of sp³-hybridized carbons (Fsp3) is 0.267. The van der Waals surface area contributed by atoms with Gasteiger partial charge in [0.05, 0.1) is 11.3 Å². The van der Waals surface area contributed by atoms with Gasteiger partial charge in [0.1, 0.15) is 5.69 Å². The van der Waals surface area contributed by atoms with Gasteiger partial charge in [-0.2, -0.15) is 9.77 Å². The highest BCUT2D eigenvalue weighted by molar-refractivity contribution is 7.71. The van der Waals surface area contributed by atoms with Crippen molar-refractivity contribution in [2.45, 2.75) is 26.2 Å². The highest BCUT2D eigenvalue weighted by Crippen LogP contribution is 2.25. The van der Waals surface area contributed by atoms with Gasteiger partial charge in [-0.05, 0) is 24.4 Å². The lowest BCUT2D eigenvalue weighted by Gasteiger charge is -2.17. The van der Waals surface area contributed by atoms with Crippen molar-refractivity contribution < 1.29 is 4.79 Å². The number of aliphatic imine (C=N–C) groups is 1. The smallest absolute Gasteiger partial charge is 0.285 e. The lowest BCUT2D eigenvalue weighted by atomic mass is 9.93. The van der Waals surface area contributed by atoms with E-state index in [4.69, 9.17) is 12.2 Å². The van der Waals surface area contributed by atoms with E-state index in [1.54, 1.807) is 24.3 Å². The van der Waals surface area contributed by atoms with Gasteiger partial charge in [0.2, 0.25) is 10.6 Å². The van der Waals surface area contributed by atoms with Crippen molar-refractivity contribution in [1.29, 1.82) is 0 Å². The Morgan fingerprint density at radius 2 is 1.91 bits per heavy atom. The summed E-state index contributed by atoms with van der Waals surface area (Å²) in [6, 6.07) is 6.98. The average molecular weight is 329 g/mol. The number of para-hydroxylation sites is 1. The Kier molecular flexibility index (Phi) is 3.48. The van der Waals surface area contributed by atoms with Crippen LogP contribution in [0.3, 0.4) is 0 Å². The Morgan fingerprint density at radius 1 is 1.22 bits per heavy atom. The summed E-state index contributed by atoms with van der Waals surface area (Å²) >= 11 is 5.10. The zero-order valence-electron chi connectivity index (χ0n) is 12.9. The zero-order valence-corrected chi connectivity index (χ0v) is 13.7. The van der Waals surface area contributed by atoms with Crippen molar-refractivity contribution in [3.05, 3.63) is 50.6 Å². The van der Waals surface area contributed by atoms with Crippen LogP contribution >= 0.6 is 12.2 Å². The molecule has 1 aromatic heterocycles. The summed E-state index contributed by atoms with van der Waals surface area (Å²) < 4.78 is 1.15. The summed E-state index contributed by atoms with van der Waals surface area (Å²) in [4.78, 5) is 29.1. The summed E-state index contributed by atoms with van der Waals surface area (Å²) in [6.07, 6.45) is 0. The topological polar surface area (TPSA) is 92.1 Å². The van der Waals surface area contributed by atoms with Crippen LogP contribution < -0.4 is 11.0 Å². The number of Topliss-reactive ketones (excluding diaryl/α,β-unsaturated/α-hetero) is 1. The Morgan fingerprint density at radius 3 is 2.57 bits per heavy atom. The second-order valence-electron chi connectivity index (χ2n) is 6.19. The molecule has 8 heteroatoms. The van der Waals surface area contributed by atoms with E-state index in [0.717, 1.165) is 4.68 Å². The summed E-state index contributed by atoms with van der Waals surface area (Å²) in [5, 5.41) is 6.64. The van der Waals surface area contributed by atoms with Gasteiger partial charge in [0.25, 0.3) is 5.56 Å². The van der Waals surface area contributed by atoms with Gasteiger partial charge in [0.15, 0.2) is 5.84 Å². The van der Waals surface area contributed by atoms with Crippen molar-refractivity contribution in [3.8, 4) is 0 Å². The minimum Gasteiger partial charge on any atom is -0.285 e. The van der Waals surface area contributed by atoms with E-state index < -0.39 is 11.0 Å². The highest BCUT2D eigenvalue weighted by atomic mass is 32.1. The molecule has 1 aliphatic heterocycles. The third kappa shape index (κ3) is 2.61. The van der Waals surface area contributed by atoms with Crippen LogP contribution in [0, 0.1) is 4.77 Å². The number of nitrogens with one attached hydrogen (secondary N) is 2. The lowest BCUT2D eigenvalue weighted by Crippen LogP contribution is -2.41. The monoisotopic (exact) mass is 329 g/mol. The summed E-state index contributed by atoms with van der Waals surface area (Å²) in [5.41, 5.74) is 3.20. The SMILES string of the molecule is CC(C)(C)c1n[nH]c(=S)n(NC2=Nc3ccccc3C2=O)c1=O. The van der Waals surface area contributed by atoms with Crippen LogP contribution in [0.4, 0.5) is 5.69 Å². The molecule has 0 atom stereocenters. The molecule has 0 bridgehead atoms. The van der Waals surface area contributed by atoms with E-state index in [0.29, 0.717) is 16.9 Å². The quantitative estimate of drug-likeness (QED) is 0.781. The van der Waals surface area contributed by atoms with E-state index in [-0.39, 0.29) is 16.4 Å². The second-order valence-corrected chi connectivity index (χ2v) is 6.57. The first kappa shape index (κ1) is 15.3. The van der Waals surface area contributed by atoms with Crippen LogP contribution in [-0.4, -0.2) is 26.5 Å². The molecule has 3 rings (SSSR count). The minimum absolute atomic E-state index is 0.0545. The first-order valence-electron chi connectivity index (χ1n) is 7.00. The number of H-pyrrole nitrogens is 1. The first-order chi connectivity index (χ1) is 10.8. The molecule has 1 aromatic carbocycles. The Balaban J connectivity index is 2.05. The predicted octanol–water partition coefficient (Wildman–Crippen LogP) is 2.07. The molecule has 1 aliphatic rings. The van der Waals surface area contributed by atoms with Crippen LogP contribution in [0.5, 0.6) is 0 Å². The number of carbonyl (C=O) groups is 1. The van der Waals surface area contributed by atoms with Crippen molar-refractivity contribution in [2.75, 3.05) is 5.43 Å². The van der Waals surface area contributed by atoms with E-state index in [2.05, 4.69) is 20.6 Å². The number of nitrogens with zero attached hydrogens (tertiary/aromatic N) is 3. The molecular formula is C15H15N5O2S.